The summed E-state index contributed by atoms with van der Waals surface area (Å²) in [7, 11) is 3.07. The first-order chi connectivity index (χ1) is 10.5. The van der Waals surface area contributed by atoms with Crippen molar-refractivity contribution in [3.63, 3.8) is 0 Å². The molecule has 0 fully saturated rings. The number of carbonyl (C=O) groups is 1. The Morgan fingerprint density at radius 1 is 1.36 bits per heavy atom. The number of nitrogens with zero attached hydrogens (tertiary/aromatic N) is 1. The number of hydrogen-bond acceptors (Lipinski definition) is 5. The Kier molecular flexibility index (Phi) is 5.56. The van der Waals surface area contributed by atoms with Crippen LogP contribution in [-0.4, -0.2) is 44.8 Å². The fourth-order valence-electron chi connectivity index (χ4n) is 2.73. The number of fused-ring (bicyclic) bond motifs is 1. The molecule has 1 aliphatic rings. The molecule has 122 valence electrons. The molecule has 0 amide bonds. The minimum absolute atomic E-state index is 0.213. The van der Waals surface area contributed by atoms with Gasteiger partial charge in [-0.2, -0.15) is 0 Å². The normalized spacial score (nSPS) is 15.9. The van der Waals surface area contributed by atoms with Crippen LogP contribution in [0, 0.1) is 0 Å². The third-order valence-electron chi connectivity index (χ3n) is 4.00. The molecule has 0 atom stereocenters. The van der Waals surface area contributed by atoms with Crippen LogP contribution in [0.25, 0.3) is 0 Å². The molecule has 2 rings (SSSR count). The van der Waals surface area contributed by atoms with Gasteiger partial charge >= 0.3 is 5.97 Å². The molecule has 0 radical (unpaired) electrons. The molecule has 1 heterocycles. The van der Waals surface area contributed by atoms with Crippen molar-refractivity contribution in [2.75, 3.05) is 33.9 Å². The highest BCUT2D eigenvalue weighted by Gasteiger charge is 2.30. The highest BCUT2D eigenvalue weighted by Crippen LogP contribution is 2.36. The van der Waals surface area contributed by atoms with Gasteiger partial charge in [0.15, 0.2) is 0 Å². The smallest absolute Gasteiger partial charge is 0.319 e. The number of ether oxygens (including phenoxy) is 3. The van der Waals surface area contributed by atoms with Crippen molar-refractivity contribution < 1.29 is 19.0 Å². The van der Waals surface area contributed by atoms with Crippen LogP contribution in [0.1, 0.15) is 30.5 Å². The lowest BCUT2D eigenvalue weighted by molar-refractivity contribution is -0.142. The summed E-state index contributed by atoms with van der Waals surface area (Å²) >= 11 is 0. The van der Waals surface area contributed by atoms with E-state index in [1.807, 2.05) is 4.90 Å². The summed E-state index contributed by atoms with van der Waals surface area (Å²) in [5, 5.41) is 0. The van der Waals surface area contributed by atoms with E-state index in [9.17, 15) is 4.79 Å². The summed E-state index contributed by atoms with van der Waals surface area (Å²) in [5.41, 5.74) is 3.43. The second kappa shape index (κ2) is 7.22. The summed E-state index contributed by atoms with van der Waals surface area (Å²) in [4.78, 5) is 13.5. The van der Waals surface area contributed by atoms with Crippen molar-refractivity contribution in [2.45, 2.75) is 32.6 Å². The number of carbonyl (C=O) groups excluding carboxylic acids is 1. The summed E-state index contributed by atoms with van der Waals surface area (Å²) < 4.78 is 15.7. The Bertz CT molecular complexity index is 527. The van der Waals surface area contributed by atoms with Gasteiger partial charge in [-0.1, -0.05) is 18.2 Å². The molecular weight excluding hydrogens is 282 g/mol. The van der Waals surface area contributed by atoms with Gasteiger partial charge in [0.25, 0.3) is 0 Å². The van der Waals surface area contributed by atoms with Gasteiger partial charge in [0, 0.05) is 20.2 Å². The number of benzene rings is 1. The van der Waals surface area contributed by atoms with Crippen molar-refractivity contribution in [2.24, 2.45) is 0 Å². The van der Waals surface area contributed by atoms with Crippen molar-refractivity contribution in [1.29, 1.82) is 0 Å². The zero-order valence-electron chi connectivity index (χ0n) is 13.8. The molecule has 0 aromatic heterocycles. The molecule has 5 heteroatoms. The summed E-state index contributed by atoms with van der Waals surface area (Å²) in [5.74, 6) is -0.235. The second-order valence-corrected chi connectivity index (χ2v) is 6.07. The first kappa shape index (κ1) is 16.9. The molecule has 0 spiro atoms. The monoisotopic (exact) mass is 307 g/mol. The quantitative estimate of drug-likeness (QED) is 0.722. The molecule has 1 aromatic carbocycles. The molecule has 0 N–H and O–H groups in total. The number of methoxy groups -OCH3 is 2. The van der Waals surface area contributed by atoms with Gasteiger partial charge in [-0.3, -0.25) is 9.69 Å². The Labute approximate surface area is 132 Å². The minimum Gasteiger partial charge on any atom is -0.468 e. The maximum Gasteiger partial charge on any atom is 0.319 e. The van der Waals surface area contributed by atoms with Gasteiger partial charge < -0.3 is 14.2 Å². The second-order valence-electron chi connectivity index (χ2n) is 6.07. The minimum atomic E-state index is -0.235. The van der Waals surface area contributed by atoms with Gasteiger partial charge in [0.1, 0.15) is 0 Å². The van der Waals surface area contributed by atoms with Crippen molar-refractivity contribution >= 4 is 5.97 Å². The fourth-order valence-corrected chi connectivity index (χ4v) is 2.73. The Hall–Kier alpha value is -1.43. The predicted octanol–water partition coefficient (Wildman–Crippen LogP) is 2.07. The lowest BCUT2D eigenvalue weighted by Crippen LogP contribution is -2.33. The molecule has 1 aromatic rings. The molecule has 1 aliphatic heterocycles. The van der Waals surface area contributed by atoms with Crippen LogP contribution in [-0.2, 0) is 37.8 Å². The third-order valence-corrected chi connectivity index (χ3v) is 4.00. The molecule has 0 bridgehead atoms. The van der Waals surface area contributed by atoms with Gasteiger partial charge in [-0.25, -0.2) is 0 Å². The highest BCUT2D eigenvalue weighted by atomic mass is 16.5. The van der Waals surface area contributed by atoms with Crippen LogP contribution < -0.4 is 0 Å². The van der Waals surface area contributed by atoms with Gasteiger partial charge in [0.05, 0.1) is 32.5 Å². The maximum absolute atomic E-state index is 11.5. The van der Waals surface area contributed by atoms with E-state index >= 15 is 0 Å². The number of hydrogen-bond donors (Lipinski definition) is 0. The van der Waals surface area contributed by atoms with Crippen molar-refractivity contribution in [3.05, 3.63) is 34.9 Å². The van der Waals surface area contributed by atoms with Crippen LogP contribution in [0.5, 0.6) is 0 Å². The lowest BCUT2D eigenvalue weighted by Gasteiger charge is -2.21. The van der Waals surface area contributed by atoms with E-state index in [0.717, 1.165) is 0 Å². The Morgan fingerprint density at radius 3 is 2.82 bits per heavy atom. The van der Waals surface area contributed by atoms with Crippen molar-refractivity contribution in [3.8, 4) is 0 Å². The van der Waals surface area contributed by atoms with E-state index in [1.54, 1.807) is 7.11 Å². The third kappa shape index (κ3) is 4.06. The van der Waals surface area contributed by atoms with Crippen LogP contribution >= 0.6 is 0 Å². The van der Waals surface area contributed by atoms with Gasteiger partial charge in [-0.15, -0.1) is 0 Å². The zero-order valence-corrected chi connectivity index (χ0v) is 13.8. The lowest BCUT2D eigenvalue weighted by atomic mass is 9.94. The van der Waals surface area contributed by atoms with Crippen LogP contribution in [0.3, 0.4) is 0 Å². The molecule has 0 saturated carbocycles. The molecule has 0 saturated heterocycles. The standard InChI is InChI=1S/C17H25NO4/c1-17(2)15-6-5-13(9-14(15)12-22-17)10-18(7-8-20-3)11-16(19)21-4/h5-6,9H,7-8,10-12H2,1-4H3. The first-order valence-electron chi connectivity index (χ1n) is 7.50. The molecule has 5 nitrogen and oxygen atoms in total. The summed E-state index contributed by atoms with van der Waals surface area (Å²) in [6, 6.07) is 6.40. The first-order valence-corrected chi connectivity index (χ1v) is 7.50. The van der Waals surface area contributed by atoms with E-state index in [-0.39, 0.29) is 18.1 Å². The molecule has 22 heavy (non-hydrogen) atoms. The van der Waals surface area contributed by atoms with E-state index in [0.29, 0.717) is 26.3 Å². The average molecular weight is 307 g/mol. The Balaban J connectivity index is 2.08. The maximum atomic E-state index is 11.5. The van der Waals surface area contributed by atoms with E-state index in [4.69, 9.17) is 14.2 Å². The predicted molar refractivity (Wildman–Crippen MR) is 83.4 cm³/mol. The van der Waals surface area contributed by atoms with Crippen LogP contribution in [0.15, 0.2) is 18.2 Å². The largest absolute Gasteiger partial charge is 0.468 e. The number of esters is 1. The van der Waals surface area contributed by atoms with Gasteiger partial charge in [0.2, 0.25) is 0 Å². The summed E-state index contributed by atoms with van der Waals surface area (Å²) in [6.45, 7) is 7.03. The number of rotatable bonds is 7. The summed E-state index contributed by atoms with van der Waals surface area (Å²) in [6.07, 6.45) is 0. The highest BCUT2D eigenvalue weighted by molar-refractivity contribution is 5.71. The van der Waals surface area contributed by atoms with E-state index in [1.165, 1.54) is 23.8 Å². The molecule has 0 unspecified atom stereocenters. The Morgan fingerprint density at radius 2 is 2.14 bits per heavy atom. The fraction of sp³-hybridized carbons (Fsp3) is 0.588. The topological polar surface area (TPSA) is 48.0 Å². The van der Waals surface area contributed by atoms with Gasteiger partial charge in [-0.05, 0) is 30.5 Å². The average Bonchev–Trinajstić information content (AvgIpc) is 2.79. The zero-order chi connectivity index (χ0) is 16.2. The van der Waals surface area contributed by atoms with E-state index < -0.39 is 0 Å². The molecular formula is C17H25NO4. The van der Waals surface area contributed by atoms with E-state index in [2.05, 4.69) is 32.0 Å². The SMILES string of the molecule is COCCN(CC(=O)OC)Cc1ccc2c(c1)COC2(C)C. The van der Waals surface area contributed by atoms with Crippen LogP contribution in [0.2, 0.25) is 0 Å². The van der Waals surface area contributed by atoms with Crippen molar-refractivity contribution in [1.82, 2.24) is 4.90 Å². The molecule has 0 aliphatic carbocycles. The van der Waals surface area contributed by atoms with Crippen LogP contribution in [0.4, 0.5) is 0 Å².